The van der Waals surface area contributed by atoms with Gasteiger partial charge in [0, 0.05) is 16.0 Å². The summed E-state index contributed by atoms with van der Waals surface area (Å²) < 4.78 is 16.7. The lowest BCUT2D eigenvalue weighted by molar-refractivity contribution is -0.117. The molecule has 0 aliphatic carbocycles. The van der Waals surface area contributed by atoms with Crippen LogP contribution in [0.2, 0.25) is 0 Å². The van der Waals surface area contributed by atoms with Gasteiger partial charge in [-0.15, -0.1) is 11.3 Å². The lowest BCUT2D eigenvalue weighted by atomic mass is 9.87. The van der Waals surface area contributed by atoms with E-state index in [-0.39, 0.29) is 17.9 Å². The predicted octanol–water partition coefficient (Wildman–Crippen LogP) is 6.07. The highest BCUT2D eigenvalue weighted by molar-refractivity contribution is 7.17. The van der Waals surface area contributed by atoms with Crippen molar-refractivity contribution in [2.75, 3.05) is 32.8 Å². The van der Waals surface area contributed by atoms with Crippen molar-refractivity contribution in [2.45, 2.75) is 46.6 Å². The molecule has 0 radical (unpaired) electrons. The van der Waals surface area contributed by atoms with Gasteiger partial charge in [-0.2, -0.15) is 0 Å². The number of fused-ring (bicyclic) bond motifs is 1. The summed E-state index contributed by atoms with van der Waals surface area (Å²) in [6.45, 7) is 11.3. The molecule has 0 fully saturated rings. The SMILES string of the molecule is COc1cc(C2=NCC(=O)N(Cc3ccc(C(C)(C)C)cc3)c3sc(C)c(C)c32)cc(OC)c1OC. The summed E-state index contributed by atoms with van der Waals surface area (Å²) in [7, 11) is 4.77. The summed E-state index contributed by atoms with van der Waals surface area (Å²) in [6, 6.07) is 12.3. The summed E-state index contributed by atoms with van der Waals surface area (Å²) in [5, 5.41) is 0.917. The van der Waals surface area contributed by atoms with Crippen molar-refractivity contribution in [3.63, 3.8) is 0 Å². The monoisotopic (exact) mass is 506 g/mol. The van der Waals surface area contributed by atoms with Crippen molar-refractivity contribution in [3.05, 3.63) is 69.1 Å². The van der Waals surface area contributed by atoms with Crippen molar-refractivity contribution in [2.24, 2.45) is 4.99 Å². The highest BCUT2D eigenvalue weighted by atomic mass is 32.1. The van der Waals surface area contributed by atoms with Crippen LogP contribution in [-0.2, 0) is 16.8 Å². The first kappa shape index (κ1) is 25.8. The second kappa shape index (κ2) is 9.97. The van der Waals surface area contributed by atoms with Crippen LogP contribution >= 0.6 is 11.3 Å². The third kappa shape index (κ3) is 4.72. The predicted molar refractivity (Wildman–Crippen MR) is 147 cm³/mol. The molecule has 1 aliphatic heterocycles. The number of thiophene rings is 1. The molecule has 1 aliphatic rings. The molecule has 0 atom stereocenters. The van der Waals surface area contributed by atoms with E-state index in [0.29, 0.717) is 23.8 Å². The molecule has 1 amide bonds. The molecule has 7 heteroatoms. The van der Waals surface area contributed by atoms with E-state index >= 15 is 0 Å². The normalized spacial score (nSPS) is 13.7. The Hall–Kier alpha value is -3.32. The second-order valence-electron chi connectivity index (χ2n) is 9.97. The molecule has 2 heterocycles. The standard InChI is InChI=1S/C29H34N2O4S/c1-17-18(2)36-28-25(17)26(20-13-22(33-6)27(35-8)23(14-20)34-7)30-15-24(32)31(28)16-19-9-11-21(12-10-19)29(3,4)5/h9-14H,15-16H2,1-8H3. The number of methoxy groups -OCH3 is 3. The molecule has 3 aromatic rings. The van der Waals surface area contributed by atoms with Crippen molar-refractivity contribution >= 4 is 28.0 Å². The Balaban J connectivity index is 1.80. The van der Waals surface area contributed by atoms with Gasteiger partial charge < -0.3 is 14.2 Å². The second-order valence-corrected chi connectivity index (χ2v) is 11.2. The molecule has 0 bridgehead atoms. The van der Waals surface area contributed by atoms with Gasteiger partial charge in [-0.25, -0.2) is 0 Å². The fourth-order valence-corrected chi connectivity index (χ4v) is 5.58. The molecular formula is C29H34N2O4S. The third-order valence-electron chi connectivity index (χ3n) is 6.62. The first-order valence-electron chi connectivity index (χ1n) is 11.9. The van der Waals surface area contributed by atoms with Gasteiger partial charge in [-0.05, 0) is 48.1 Å². The van der Waals surface area contributed by atoms with E-state index in [0.717, 1.165) is 37.8 Å². The fourth-order valence-electron chi connectivity index (χ4n) is 4.41. The molecule has 4 rings (SSSR count). The Morgan fingerprint density at radius 3 is 2.11 bits per heavy atom. The largest absolute Gasteiger partial charge is 0.493 e. The summed E-state index contributed by atoms with van der Waals surface area (Å²) in [4.78, 5) is 21.3. The molecule has 0 saturated carbocycles. The minimum Gasteiger partial charge on any atom is -0.493 e. The maximum absolute atomic E-state index is 13.4. The number of amides is 1. The van der Waals surface area contributed by atoms with Crippen LogP contribution in [0, 0.1) is 13.8 Å². The molecule has 36 heavy (non-hydrogen) atoms. The first-order valence-corrected chi connectivity index (χ1v) is 12.8. The van der Waals surface area contributed by atoms with E-state index in [4.69, 9.17) is 19.2 Å². The molecule has 1 aromatic heterocycles. The Labute approximate surface area is 217 Å². The third-order valence-corrected chi connectivity index (χ3v) is 7.85. The molecule has 190 valence electrons. The van der Waals surface area contributed by atoms with E-state index in [9.17, 15) is 4.79 Å². The van der Waals surface area contributed by atoms with Crippen LogP contribution in [0.3, 0.4) is 0 Å². The first-order chi connectivity index (χ1) is 17.1. The zero-order valence-electron chi connectivity index (χ0n) is 22.3. The number of ether oxygens (including phenoxy) is 3. The van der Waals surface area contributed by atoms with Crippen LogP contribution < -0.4 is 19.1 Å². The highest BCUT2D eigenvalue weighted by Crippen LogP contribution is 2.43. The summed E-state index contributed by atoms with van der Waals surface area (Å²) in [5.41, 5.74) is 6.09. The van der Waals surface area contributed by atoms with Crippen LogP contribution in [0.4, 0.5) is 5.00 Å². The number of hydrogen-bond donors (Lipinski definition) is 0. The quantitative estimate of drug-likeness (QED) is 0.407. The van der Waals surface area contributed by atoms with E-state index in [2.05, 4.69) is 58.9 Å². The smallest absolute Gasteiger partial charge is 0.249 e. The van der Waals surface area contributed by atoms with Gasteiger partial charge >= 0.3 is 0 Å². The van der Waals surface area contributed by atoms with Crippen molar-refractivity contribution in [1.82, 2.24) is 0 Å². The Morgan fingerprint density at radius 2 is 1.58 bits per heavy atom. The number of rotatable bonds is 6. The van der Waals surface area contributed by atoms with Gasteiger partial charge in [-0.3, -0.25) is 14.7 Å². The van der Waals surface area contributed by atoms with Crippen LogP contribution in [0.5, 0.6) is 17.2 Å². The van der Waals surface area contributed by atoms with Gasteiger partial charge in [0.05, 0.1) is 33.6 Å². The van der Waals surface area contributed by atoms with Crippen LogP contribution in [0.15, 0.2) is 41.4 Å². The molecule has 2 aromatic carbocycles. The number of aryl methyl sites for hydroxylation is 1. The maximum Gasteiger partial charge on any atom is 0.249 e. The number of carbonyl (C=O) groups excluding carboxylic acids is 1. The number of benzene rings is 2. The highest BCUT2D eigenvalue weighted by Gasteiger charge is 2.31. The van der Waals surface area contributed by atoms with Crippen molar-refractivity contribution in [1.29, 1.82) is 0 Å². The Bertz CT molecular complexity index is 1290. The lowest BCUT2D eigenvalue weighted by Gasteiger charge is -2.23. The number of aliphatic imine (C=N–C) groups is 1. The summed E-state index contributed by atoms with van der Waals surface area (Å²) in [6.07, 6.45) is 0. The number of nitrogens with zero attached hydrogens (tertiary/aromatic N) is 2. The number of anilines is 1. The molecule has 0 saturated heterocycles. The van der Waals surface area contributed by atoms with Crippen LogP contribution in [-0.4, -0.2) is 39.5 Å². The lowest BCUT2D eigenvalue weighted by Crippen LogP contribution is -2.31. The van der Waals surface area contributed by atoms with Crippen molar-refractivity contribution < 1.29 is 19.0 Å². The van der Waals surface area contributed by atoms with Crippen molar-refractivity contribution in [3.8, 4) is 17.2 Å². The summed E-state index contributed by atoms with van der Waals surface area (Å²) >= 11 is 1.63. The molecule has 6 nitrogen and oxygen atoms in total. The van der Waals surface area contributed by atoms with E-state index in [1.807, 2.05) is 17.0 Å². The molecular weight excluding hydrogens is 472 g/mol. The fraction of sp³-hybridized carbons (Fsp3) is 0.379. The van der Waals surface area contributed by atoms with E-state index in [1.165, 1.54) is 5.56 Å². The maximum atomic E-state index is 13.4. The molecule has 0 unspecified atom stereocenters. The molecule has 0 N–H and O–H groups in total. The van der Waals surface area contributed by atoms with Gasteiger partial charge in [0.1, 0.15) is 11.5 Å². The Morgan fingerprint density at radius 1 is 0.972 bits per heavy atom. The average Bonchev–Trinajstić information content (AvgIpc) is 3.07. The number of hydrogen-bond acceptors (Lipinski definition) is 6. The van der Waals surface area contributed by atoms with E-state index < -0.39 is 0 Å². The number of carbonyl (C=O) groups is 1. The topological polar surface area (TPSA) is 60.4 Å². The zero-order valence-corrected chi connectivity index (χ0v) is 23.1. The van der Waals surface area contributed by atoms with Crippen LogP contribution in [0.25, 0.3) is 0 Å². The minimum absolute atomic E-state index is 0.0279. The minimum atomic E-state index is -0.0279. The average molecular weight is 507 g/mol. The van der Waals surface area contributed by atoms with Gasteiger partial charge in [0.15, 0.2) is 11.5 Å². The van der Waals surface area contributed by atoms with Crippen LogP contribution in [0.1, 0.15) is 53.5 Å². The summed E-state index contributed by atoms with van der Waals surface area (Å²) in [5.74, 6) is 1.59. The van der Waals surface area contributed by atoms with Gasteiger partial charge in [0.2, 0.25) is 11.7 Å². The Kier molecular flexibility index (Phi) is 7.14. The molecule has 0 spiro atoms. The van der Waals surface area contributed by atoms with E-state index in [1.54, 1.807) is 32.7 Å². The van der Waals surface area contributed by atoms with Gasteiger partial charge in [0.25, 0.3) is 0 Å². The zero-order chi connectivity index (χ0) is 26.2. The van der Waals surface area contributed by atoms with Gasteiger partial charge in [-0.1, -0.05) is 45.0 Å².